The molecular formula is C14H16N2O2. The van der Waals surface area contributed by atoms with E-state index in [1.165, 1.54) is 0 Å². The van der Waals surface area contributed by atoms with Gasteiger partial charge in [-0.15, -0.1) is 0 Å². The molecule has 0 N–H and O–H groups in total. The number of hydrogen-bond donors (Lipinski definition) is 0. The van der Waals surface area contributed by atoms with Crippen molar-refractivity contribution in [3.05, 3.63) is 35.4 Å². The Bertz CT molecular complexity index is 521. The molecule has 4 heteroatoms. The molecule has 0 amide bonds. The Morgan fingerprint density at radius 1 is 1.22 bits per heavy atom. The van der Waals surface area contributed by atoms with Gasteiger partial charge < -0.3 is 4.74 Å². The molecule has 0 saturated carbocycles. The average molecular weight is 244 g/mol. The van der Waals surface area contributed by atoms with E-state index in [9.17, 15) is 4.79 Å². The van der Waals surface area contributed by atoms with Gasteiger partial charge in [0.15, 0.2) is 0 Å². The summed E-state index contributed by atoms with van der Waals surface area (Å²) in [5.41, 5.74) is 0.389. The third-order valence-corrected chi connectivity index (χ3v) is 2.89. The zero-order valence-electron chi connectivity index (χ0n) is 11.0. The molecule has 0 spiro atoms. The molecule has 1 aromatic rings. The van der Waals surface area contributed by atoms with Crippen molar-refractivity contribution in [1.82, 2.24) is 0 Å². The van der Waals surface area contributed by atoms with Crippen LogP contribution in [0.3, 0.4) is 0 Å². The largest absolute Gasteiger partial charge is 0.417 e. The topological polar surface area (TPSA) is 62.4 Å². The van der Waals surface area contributed by atoms with Crippen molar-refractivity contribution in [2.24, 2.45) is 4.99 Å². The van der Waals surface area contributed by atoms with Crippen LogP contribution in [0.5, 0.6) is 0 Å². The summed E-state index contributed by atoms with van der Waals surface area (Å²) in [4.78, 5) is 14.2. The fraction of sp³-hybridized carbons (Fsp3) is 0.429. The molecule has 94 valence electrons. The minimum Gasteiger partial charge on any atom is -0.417 e. The molecule has 0 heterocycles. The second kappa shape index (κ2) is 5.03. The van der Waals surface area contributed by atoms with Crippen LogP contribution in [0.15, 0.2) is 29.3 Å². The van der Waals surface area contributed by atoms with Gasteiger partial charge in [0.25, 0.3) is 6.26 Å². The van der Waals surface area contributed by atoms with Crippen molar-refractivity contribution in [2.45, 2.75) is 38.8 Å². The SMILES string of the molecule is CC(C)(N=C=O)c1cccc(C(C)(C)OC#N)c1. The van der Waals surface area contributed by atoms with Gasteiger partial charge >= 0.3 is 0 Å². The number of ether oxygens (including phenoxy) is 1. The minimum atomic E-state index is -0.703. The summed E-state index contributed by atoms with van der Waals surface area (Å²) in [5.74, 6) is 0. The van der Waals surface area contributed by atoms with Crippen molar-refractivity contribution in [3.63, 3.8) is 0 Å². The van der Waals surface area contributed by atoms with Crippen LogP contribution < -0.4 is 0 Å². The van der Waals surface area contributed by atoms with Gasteiger partial charge in [-0.05, 0) is 44.9 Å². The Morgan fingerprint density at radius 3 is 2.39 bits per heavy atom. The maximum Gasteiger partial charge on any atom is 0.287 e. The Morgan fingerprint density at radius 2 is 1.83 bits per heavy atom. The van der Waals surface area contributed by atoms with Crippen LogP contribution in [0.4, 0.5) is 0 Å². The Balaban J connectivity index is 3.23. The predicted octanol–water partition coefficient (Wildman–Crippen LogP) is 2.99. The highest BCUT2D eigenvalue weighted by atomic mass is 16.5. The number of rotatable bonds is 4. The molecule has 0 atom stereocenters. The highest BCUT2D eigenvalue weighted by molar-refractivity contribution is 5.39. The third-order valence-electron chi connectivity index (χ3n) is 2.89. The van der Waals surface area contributed by atoms with Crippen LogP contribution in [0, 0.1) is 11.5 Å². The van der Waals surface area contributed by atoms with Crippen LogP contribution in [-0.2, 0) is 20.7 Å². The quantitative estimate of drug-likeness (QED) is 0.464. The number of carbonyl (C=O) groups excluding carboxylic acids is 1. The van der Waals surface area contributed by atoms with E-state index in [2.05, 4.69) is 4.99 Å². The number of aliphatic imine (C=N–C) groups is 1. The van der Waals surface area contributed by atoms with Crippen molar-refractivity contribution in [1.29, 1.82) is 5.26 Å². The van der Waals surface area contributed by atoms with Gasteiger partial charge in [-0.1, -0.05) is 18.2 Å². The van der Waals surface area contributed by atoms with E-state index in [-0.39, 0.29) is 0 Å². The molecule has 0 bridgehead atoms. The molecule has 0 radical (unpaired) electrons. The fourth-order valence-electron chi connectivity index (χ4n) is 1.63. The van der Waals surface area contributed by atoms with Gasteiger partial charge in [0.1, 0.15) is 5.60 Å². The molecule has 18 heavy (non-hydrogen) atoms. The van der Waals surface area contributed by atoms with Crippen LogP contribution >= 0.6 is 0 Å². The first-order valence-electron chi connectivity index (χ1n) is 5.60. The summed E-state index contributed by atoms with van der Waals surface area (Å²) in [6, 6.07) is 7.50. The average Bonchev–Trinajstić information content (AvgIpc) is 2.29. The van der Waals surface area contributed by atoms with E-state index in [1.54, 1.807) is 12.3 Å². The monoisotopic (exact) mass is 244 g/mol. The van der Waals surface area contributed by atoms with Crippen molar-refractivity contribution < 1.29 is 9.53 Å². The molecule has 0 unspecified atom stereocenters. The van der Waals surface area contributed by atoms with E-state index < -0.39 is 11.1 Å². The lowest BCUT2D eigenvalue weighted by molar-refractivity contribution is 0.0701. The Hall–Kier alpha value is -2.11. The molecule has 0 aliphatic heterocycles. The summed E-state index contributed by atoms with van der Waals surface area (Å²) in [6.07, 6.45) is 3.29. The Labute approximate surface area is 107 Å². The highest BCUT2D eigenvalue weighted by Crippen LogP contribution is 2.30. The number of isocyanates is 1. The normalized spacial score (nSPS) is 11.3. The molecule has 4 nitrogen and oxygen atoms in total. The summed E-state index contributed by atoms with van der Waals surface area (Å²) in [5, 5.41) is 8.63. The smallest absolute Gasteiger partial charge is 0.287 e. The van der Waals surface area contributed by atoms with Gasteiger partial charge in [0.05, 0.1) is 5.54 Å². The van der Waals surface area contributed by atoms with E-state index >= 15 is 0 Å². The Kier molecular flexibility index (Phi) is 3.90. The second-order valence-electron chi connectivity index (χ2n) is 5.05. The highest BCUT2D eigenvalue weighted by Gasteiger charge is 2.26. The zero-order chi connectivity index (χ0) is 13.8. The van der Waals surface area contributed by atoms with Crippen molar-refractivity contribution >= 4 is 6.08 Å². The second-order valence-corrected chi connectivity index (χ2v) is 5.05. The number of hydrogen-bond acceptors (Lipinski definition) is 4. The maximum atomic E-state index is 10.4. The number of nitriles is 1. The van der Waals surface area contributed by atoms with Crippen molar-refractivity contribution in [3.8, 4) is 6.26 Å². The summed E-state index contributed by atoms with van der Waals surface area (Å²) < 4.78 is 5.04. The van der Waals surface area contributed by atoms with Crippen LogP contribution in [0.25, 0.3) is 0 Å². The first-order valence-corrected chi connectivity index (χ1v) is 5.60. The summed E-state index contributed by atoms with van der Waals surface area (Å²) in [6.45, 7) is 7.28. The fourth-order valence-corrected chi connectivity index (χ4v) is 1.63. The first kappa shape index (κ1) is 14.0. The van der Waals surface area contributed by atoms with Gasteiger partial charge in [0, 0.05) is 0 Å². The van der Waals surface area contributed by atoms with Crippen LogP contribution in [0.2, 0.25) is 0 Å². The minimum absolute atomic E-state index is 0.638. The van der Waals surface area contributed by atoms with Gasteiger partial charge in [-0.2, -0.15) is 10.3 Å². The lowest BCUT2D eigenvalue weighted by Crippen LogP contribution is -2.21. The van der Waals surface area contributed by atoms with Gasteiger partial charge in [-0.3, -0.25) is 0 Å². The molecule has 0 aliphatic carbocycles. The maximum absolute atomic E-state index is 10.4. The van der Waals surface area contributed by atoms with E-state index in [0.717, 1.165) is 11.1 Å². The van der Waals surface area contributed by atoms with Crippen LogP contribution in [0.1, 0.15) is 38.8 Å². The van der Waals surface area contributed by atoms with Gasteiger partial charge in [-0.25, -0.2) is 4.79 Å². The van der Waals surface area contributed by atoms with E-state index in [0.29, 0.717) is 0 Å². The number of benzene rings is 1. The first-order chi connectivity index (χ1) is 8.33. The molecule has 0 saturated heterocycles. The summed E-state index contributed by atoms with van der Waals surface area (Å²) >= 11 is 0. The van der Waals surface area contributed by atoms with Crippen LogP contribution in [-0.4, -0.2) is 6.08 Å². The van der Waals surface area contributed by atoms with Crippen molar-refractivity contribution in [2.75, 3.05) is 0 Å². The predicted molar refractivity (Wildman–Crippen MR) is 67.3 cm³/mol. The molecule has 0 aromatic heterocycles. The standard InChI is InChI=1S/C14H16N2O2/c1-13(2,16-10-17)11-6-5-7-12(8-11)14(3,4)18-9-15/h5-8H,1-4H3. The van der Waals surface area contributed by atoms with Gasteiger partial charge in [0.2, 0.25) is 6.08 Å². The molecular weight excluding hydrogens is 228 g/mol. The molecule has 0 aliphatic rings. The van der Waals surface area contributed by atoms with E-state index in [1.807, 2.05) is 52.0 Å². The third kappa shape index (κ3) is 2.97. The zero-order valence-corrected chi connectivity index (χ0v) is 11.0. The molecule has 1 aromatic carbocycles. The summed E-state index contributed by atoms with van der Waals surface area (Å²) in [7, 11) is 0. The van der Waals surface area contributed by atoms with E-state index in [4.69, 9.17) is 10.00 Å². The molecule has 1 rings (SSSR count). The lowest BCUT2D eigenvalue weighted by atomic mass is 9.89. The number of nitrogens with zero attached hydrogens (tertiary/aromatic N) is 2. The lowest BCUT2D eigenvalue weighted by Gasteiger charge is -2.25. The molecule has 0 fully saturated rings.